The van der Waals surface area contributed by atoms with Crippen molar-refractivity contribution in [3.05, 3.63) is 59.9 Å². The summed E-state index contributed by atoms with van der Waals surface area (Å²) in [5, 5.41) is 11.6. The van der Waals surface area contributed by atoms with Gasteiger partial charge in [0.05, 0.1) is 10.8 Å². The number of anilines is 1. The van der Waals surface area contributed by atoms with Crippen LogP contribution in [-0.4, -0.2) is 31.7 Å². The number of hydrogen-bond acceptors (Lipinski definition) is 5. The van der Waals surface area contributed by atoms with Crippen LogP contribution in [0.1, 0.15) is 56.9 Å². The van der Waals surface area contributed by atoms with Gasteiger partial charge in [0.1, 0.15) is 5.82 Å². The molecule has 6 nitrogen and oxygen atoms in total. The Hall–Kier alpha value is -3.00. The van der Waals surface area contributed by atoms with Crippen molar-refractivity contribution in [1.29, 1.82) is 0 Å². The van der Waals surface area contributed by atoms with Crippen LogP contribution in [0.25, 0.3) is 11.4 Å². The summed E-state index contributed by atoms with van der Waals surface area (Å²) in [6, 6.07) is 13.7. The fourth-order valence-electron chi connectivity index (χ4n) is 3.33. The Labute approximate surface area is 197 Å². The smallest absolute Gasteiger partial charge is 0.229 e. The van der Waals surface area contributed by atoms with Crippen molar-refractivity contribution in [3.63, 3.8) is 0 Å². The highest BCUT2D eigenvalue weighted by Gasteiger charge is 2.32. The second-order valence-electron chi connectivity index (χ2n) is 9.29. The van der Waals surface area contributed by atoms with E-state index in [1.165, 1.54) is 17.8 Å². The van der Waals surface area contributed by atoms with E-state index in [9.17, 15) is 14.0 Å². The molecule has 33 heavy (non-hydrogen) atoms. The molecule has 172 valence electrons. The van der Waals surface area contributed by atoms with Crippen molar-refractivity contribution >= 4 is 29.1 Å². The van der Waals surface area contributed by atoms with Crippen LogP contribution >= 0.6 is 11.8 Å². The molecule has 1 unspecified atom stereocenters. The second-order valence-corrected chi connectivity index (χ2v) is 10.6. The fourth-order valence-corrected chi connectivity index (χ4v) is 4.32. The third kappa shape index (κ3) is 5.16. The zero-order valence-electron chi connectivity index (χ0n) is 19.1. The molecule has 1 N–H and O–H groups in total. The molecule has 0 spiro atoms. The lowest BCUT2D eigenvalue weighted by Crippen LogP contribution is -2.27. The molecule has 1 heterocycles. The number of carbonyl (C=O) groups excluding carboxylic acids is 2. The summed E-state index contributed by atoms with van der Waals surface area (Å²) in [6.07, 6.45) is 1.97. The Morgan fingerprint density at radius 2 is 1.76 bits per heavy atom. The van der Waals surface area contributed by atoms with Crippen molar-refractivity contribution in [2.75, 3.05) is 5.32 Å². The van der Waals surface area contributed by atoms with Crippen LogP contribution < -0.4 is 5.32 Å². The minimum absolute atomic E-state index is 0.0495. The molecule has 1 aliphatic carbocycles. The number of nitrogens with one attached hydrogen (secondary N) is 1. The number of halogens is 1. The normalized spacial score (nSPS) is 14.7. The minimum atomic E-state index is -0.501. The lowest BCUT2D eigenvalue weighted by molar-refractivity contribution is -0.123. The van der Waals surface area contributed by atoms with Crippen molar-refractivity contribution < 1.29 is 14.0 Å². The summed E-state index contributed by atoms with van der Waals surface area (Å²) >= 11 is 1.33. The van der Waals surface area contributed by atoms with Crippen LogP contribution in [0.3, 0.4) is 0 Å². The third-order valence-electron chi connectivity index (χ3n) is 5.45. The highest BCUT2D eigenvalue weighted by molar-refractivity contribution is 8.00. The minimum Gasteiger partial charge on any atom is -0.326 e. The highest BCUT2D eigenvalue weighted by Crippen LogP contribution is 2.42. The molecule has 2 aromatic carbocycles. The summed E-state index contributed by atoms with van der Waals surface area (Å²) in [5.41, 5.74) is 1.11. The molecule has 3 aromatic rings. The lowest BCUT2D eigenvalue weighted by atomic mass is 9.95. The molecule has 1 aromatic heterocycles. The maximum Gasteiger partial charge on any atom is 0.229 e. The topological polar surface area (TPSA) is 76.9 Å². The van der Waals surface area contributed by atoms with E-state index in [0.717, 1.165) is 12.8 Å². The van der Waals surface area contributed by atoms with Gasteiger partial charge in [0.15, 0.2) is 16.8 Å². The Balaban J connectivity index is 1.50. The molecule has 8 heteroatoms. The van der Waals surface area contributed by atoms with Gasteiger partial charge in [-0.25, -0.2) is 4.39 Å². The Bertz CT molecular complexity index is 1180. The molecule has 0 radical (unpaired) electrons. The number of aromatic nitrogens is 3. The predicted molar refractivity (Wildman–Crippen MR) is 128 cm³/mol. The SMILES string of the molecule is CC(Sc1nnc(-c2ccccc2F)n1C1CC1)C(=O)c1ccc(NC(=O)C(C)(C)C)cc1. The standard InChI is InChI=1S/C25H27FN4O2S/c1-15(21(31)16-9-11-17(12-10-16)27-23(32)25(2,3)4)33-24-29-28-22(30(24)18-13-14-18)19-7-5-6-8-20(19)26/h5-12,15,18H,13-14H2,1-4H3,(H,27,32). The van der Waals surface area contributed by atoms with Gasteiger partial charge in [-0.15, -0.1) is 10.2 Å². The summed E-state index contributed by atoms with van der Waals surface area (Å²) in [7, 11) is 0. The van der Waals surface area contributed by atoms with Crippen LogP contribution in [0, 0.1) is 11.2 Å². The van der Waals surface area contributed by atoms with Gasteiger partial charge in [0.2, 0.25) is 5.91 Å². The van der Waals surface area contributed by atoms with Crippen LogP contribution in [-0.2, 0) is 4.79 Å². The van der Waals surface area contributed by atoms with Crippen molar-refractivity contribution in [2.24, 2.45) is 5.41 Å². The summed E-state index contributed by atoms with van der Waals surface area (Å²) in [4.78, 5) is 25.2. The number of Topliss-reactive ketones (excluding diaryl/α,β-unsaturated/α-hetero) is 1. The number of benzene rings is 2. The largest absolute Gasteiger partial charge is 0.326 e. The van der Waals surface area contributed by atoms with E-state index in [0.29, 0.717) is 27.8 Å². The van der Waals surface area contributed by atoms with Gasteiger partial charge >= 0.3 is 0 Å². The molecule has 0 aliphatic heterocycles. The van der Waals surface area contributed by atoms with Crippen LogP contribution in [0.4, 0.5) is 10.1 Å². The molecule has 4 rings (SSSR count). The fraction of sp³-hybridized carbons (Fsp3) is 0.360. The summed E-state index contributed by atoms with van der Waals surface area (Å²) < 4.78 is 16.3. The number of nitrogens with zero attached hydrogens (tertiary/aromatic N) is 3. The highest BCUT2D eigenvalue weighted by atomic mass is 32.2. The molecule has 0 bridgehead atoms. The zero-order valence-corrected chi connectivity index (χ0v) is 19.9. The van der Waals surface area contributed by atoms with Crippen molar-refractivity contribution in [2.45, 2.75) is 57.0 Å². The zero-order chi connectivity index (χ0) is 23.8. The molecule has 1 amide bonds. The average Bonchev–Trinajstić information content (AvgIpc) is 3.53. The second kappa shape index (κ2) is 9.09. The molecule has 1 atom stereocenters. The van der Waals surface area contributed by atoms with Crippen LogP contribution in [0.2, 0.25) is 0 Å². The Morgan fingerprint density at radius 3 is 2.36 bits per heavy atom. The van der Waals surface area contributed by atoms with Gasteiger partial charge in [-0.1, -0.05) is 44.7 Å². The van der Waals surface area contributed by atoms with E-state index in [2.05, 4.69) is 15.5 Å². The van der Waals surface area contributed by atoms with E-state index < -0.39 is 10.7 Å². The van der Waals surface area contributed by atoms with Crippen LogP contribution in [0.15, 0.2) is 53.7 Å². The molecular weight excluding hydrogens is 439 g/mol. The van der Waals surface area contributed by atoms with Gasteiger partial charge in [0, 0.05) is 22.7 Å². The third-order valence-corrected chi connectivity index (χ3v) is 6.51. The number of rotatable bonds is 7. The number of carbonyl (C=O) groups is 2. The first-order valence-electron chi connectivity index (χ1n) is 11.0. The number of ketones is 1. The first-order valence-corrected chi connectivity index (χ1v) is 11.9. The summed E-state index contributed by atoms with van der Waals surface area (Å²) in [6.45, 7) is 7.36. The van der Waals surface area contributed by atoms with Gasteiger partial charge in [0.25, 0.3) is 0 Å². The summed E-state index contributed by atoms with van der Waals surface area (Å²) in [5.74, 6) is 0.0184. The monoisotopic (exact) mass is 466 g/mol. The Morgan fingerprint density at radius 1 is 1.09 bits per heavy atom. The van der Waals surface area contributed by atoms with Crippen LogP contribution in [0.5, 0.6) is 0 Å². The average molecular weight is 467 g/mol. The quantitative estimate of drug-likeness (QED) is 0.353. The molecule has 1 saturated carbocycles. The maximum atomic E-state index is 14.4. The number of amides is 1. The van der Waals surface area contributed by atoms with E-state index in [1.54, 1.807) is 42.5 Å². The van der Waals surface area contributed by atoms with Gasteiger partial charge in [-0.2, -0.15) is 0 Å². The maximum absolute atomic E-state index is 14.4. The lowest BCUT2D eigenvalue weighted by Gasteiger charge is -2.18. The van der Waals surface area contributed by atoms with E-state index in [-0.39, 0.29) is 23.5 Å². The number of thioether (sulfide) groups is 1. The first kappa shape index (κ1) is 23.2. The molecule has 1 fully saturated rings. The predicted octanol–water partition coefficient (Wildman–Crippen LogP) is 5.77. The molecule has 1 aliphatic rings. The van der Waals surface area contributed by atoms with Crippen molar-refractivity contribution in [1.82, 2.24) is 14.8 Å². The van der Waals surface area contributed by atoms with Gasteiger partial charge < -0.3 is 5.32 Å². The van der Waals surface area contributed by atoms with Crippen molar-refractivity contribution in [3.8, 4) is 11.4 Å². The van der Waals surface area contributed by atoms with E-state index >= 15 is 0 Å². The van der Waals surface area contributed by atoms with E-state index in [1.807, 2.05) is 32.3 Å². The van der Waals surface area contributed by atoms with Gasteiger partial charge in [-0.05, 0) is 56.2 Å². The van der Waals surface area contributed by atoms with E-state index in [4.69, 9.17) is 0 Å². The molecular formula is C25H27FN4O2S. The number of hydrogen-bond donors (Lipinski definition) is 1. The van der Waals surface area contributed by atoms with Gasteiger partial charge in [-0.3, -0.25) is 14.2 Å². The Kier molecular flexibility index (Phi) is 6.38. The first-order chi connectivity index (χ1) is 15.6. The molecule has 0 saturated heterocycles.